The molecule has 2 aromatic carbocycles. The quantitative estimate of drug-likeness (QED) is 0.563. The molecule has 0 aliphatic carbocycles. The number of aryl methyl sites for hydroxylation is 1. The van der Waals surface area contributed by atoms with Crippen LogP contribution in [0.3, 0.4) is 0 Å². The molecule has 3 amide bonds. The van der Waals surface area contributed by atoms with E-state index in [1.54, 1.807) is 37.3 Å². The van der Waals surface area contributed by atoms with Gasteiger partial charge in [0.05, 0.1) is 28.1 Å². The molecule has 33 heavy (non-hydrogen) atoms. The maximum absolute atomic E-state index is 13.1. The number of benzene rings is 2. The summed E-state index contributed by atoms with van der Waals surface area (Å²) in [6.07, 6.45) is -4.28. The molecular weight excluding hydrogens is 437 g/mol. The Bertz CT molecular complexity index is 1210. The Morgan fingerprint density at radius 2 is 1.67 bits per heavy atom. The molecule has 1 aromatic heterocycles. The molecule has 0 saturated carbocycles. The maximum atomic E-state index is 13.1. The first kappa shape index (κ1) is 22.3. The van der Waals surface area contributed by atoms with Crippen LogP contribution >= 0.6 is 0 Å². The average molecular weight is 456 g/mol. The van der Waals surface area contributed by atoms with Crippen LogP contribution in [0.4, 0.5) is 19.0 Å². The van der Waals surface area contributed by atoms with Crippen LogP contribution in [0.15, 0.2) is 54.6 Å². The van der Waals surface area contributed by atoms with Crippen molar-refractivity contribution in [2.75, 3.05) is 11.9 Å². The summed E-state index contributed by atoms with van der Waals surface area (Å²) in [6.45, 7) is 1.73. The lowest BCUT2D eigenvalue weighted by atomic mass is 10.1. The number of imide groups is 1. The van der Waals surface area contributed by atoms with E-state index in [9.17, 15) is 27.6 Å². The van der Waals surface area contributed by atoms with E-state index in [0.29, 0.717) is 16.8 Å². The smallest absolute Gasteiger partial charge is 0.311 e. The van der Waals surface area contributed by atoms with Crippen molar-refractivity contribution < 1.29 is 27.6 Å². The third-order valence-corrected chi connectivity index (χ3v) is 5.18. The topological polar surface area (TPSA) is 84.3 Å². The van der Waals surface area contributed by atoms with Crippen molar-refractivity contribution in [1.82, 2.24) is 14.7 Å². The Kier molecular flexibility index (Phi) is 5.75. The Balaban J connectivity index is 1.40. The molecule has 3 aromatic rings. The van der Waals surface area contributed by atoms with Gasteiger partial charge < -0.3 is 5.32 Å². The van der Waals surface area contributed by atoms with Crippen molar-refractivity contribution >= 4 is 23.5 Å². The molecule has 0 bridgehead atoms. The molecule has 0 spiro atoms. The third-order valence-electron chi connectivity index (χ3n) is 5.18. The number of rotatable bonds is 6. The minimum Gasteiger partial charge on any atom is -0.311 e. The predicted octanol–water partition coefficient (Wildman–Crippen LogP) is 4.21. The van der Waals surface area contributed by atoms with Gasteiger partial charge in [0.25, 0.3) is 11.8 Å². The fraction of sp³-hybridized carbons (Fsp3) is 0.217. The number of hydrogen-bond donors (Lipinski definition) is 1. The van der Waals surface area contributed by atoms with E-state index < -0.39 is 29.5 Å². The summed E-state index contributed by atoms with van der Waals surface area (Å²) in [6, 6.07) is 12.7. The second kappa shape index (κ2) is 8.53. The number of anilines is 1. The van der Waals surface area contributed by atoms with Crippen molar-refractivity contribution in [3.8, 4) is 5.69 Å². The van der Waals surface area contributed by atoms with E-state index in [4.69, 9.17) is 0 Å². The van der Waals surface area contributed by atoms with E-state index in [1.165, 1.54) is 16.8 Å². The summed E-state index contributed by atoms with van der Waals surface area (Å²) < 4.78 is 40.4. The number of alkyl halides is 3. The number of nitrogens with one attached hydrogen (secondary N) is 1. The molecule has 7 nitrogen and oxygen atoms in total. The molecule has 1 N–H and O–H groups in total. The zero-order valence-electron chi connectivity index (χ0n) is 17.5. The summed E-state index contributed by atoms with van der Waals surface area (Å²) in [5.41, 5.74) is 0.513. The van der Waals surface area contributed by atoms with Gasteiger partial charge in [-0.25, -0.2) is 4.68 Å². The predicted molar refractivity (Wildman–Crippen MR) is 113 cm³/mol. The van der Waals surface area contributed by atoms with E-state index in [0.717, 1.165) is 17.0 Å². The van der Waals surface area contributed by atoms with E-state index >= 15 is 0 Å². The van der Waals surface area contributed by atoms with Gasteiger partial charge in [-0.15, -0.1) is 0 Å². The number of carbonyl (C=O) groups is 3. The van der Waals surface area contributed by atoms with Crippen LogP contribution in [0, 0.1) is 6.92 Å². The molecule has 0 atom stereocenters. The Hall–Kier alpha value is -3.95. The first-order valence-electron chi connectivity index (χ1n) is 10.1. The normalized spacial score (nSPS) is 13.4. The number of aromatic nitrogens is 2. The van der Waals surface area contributed by atoms with Gasteiger partial charge in [-0.2, -0.15) is 18.3 Å². The zero-order valence-corrected chi connectivity index (χ0v) is 17.5. The summed E-state index contributed by atoms with van der Waals surface area (Å²) in [4.78, 5) is 38.4. The van der Waals surface area contributed by atoms with Crippen molar-refractivity contribution in [1.29, 1.82) is 0 Å². The SMILES string of the molecule is Cc1cc(NC(=O)CCCN2C(=O)c3ccccc3C2=O)n(-c2cccc(C(F)(F)F)c2)n1. The van der Waals surface area contributed by atoms with Crippen LogP contribution in [-0.2, 0) is 11.0 Å². The number of nitrogens with zero attached hydrogens (tertiary/aromatic N) is 3. The van der Waals surface area contributed by atoms with Crippen LogP contribution in [0.5, 0.6) is 0 Å². The number of carbonyl (C=O) groups excluding carboxylic acids is 3. The minimum absolute atomic E-state index is 0.000222. The highest BCUT2D eigenvalue weighted by molar-refractivity contribution is 6.21. The van der Waals surface area contributed by atoms with E-state index in [2.05, 4.69) is 10.4 Å². The summed E-state index contributed by atoms with van der Waals surface area (Å²) in [7, 11) is 0. The molecule has 0 saturated heterocycles. The van der Waals surface area contributed by atoms with Gasteiger partial charge in [0.1, 0.15) is 5.82 Å². The third kappa shape index (κ3) is 4.50. The maximum Gasteiger partial charge on any atom is 0.416 e. The van der Waals surface area contributed by atoms with Gasteiger partial charge in [0.2, 0.25) is 5.91 Å². The lowest BCUT2D eigenvalue weighted by Crippen LogP contribution is -2.31. The fourth-order valence-corrected chi connectivity index (χ4v) is 3.64. The molecular formula is C23H19F3N4O3. The van der Waals surface area contributed by atoms with Gasteiger partial charge >= 0.3 is 6.18 Å². The molecule has 1 aliphatic heterocycles. The van der Waals surface area contributed by atoms with Gasteiger partial charge in [-0.05, 0) is 43.7 Å². The van der Waals surface area contributed by atoms with Crippen LogP contribution in [-0.4, -0.2) is 38.9 Å². The second-order valence-electron chi connectivity index (χ2n) is 7.59. The number of hydrogen-bond acceptors (Lipinski definition) is 4. The minimum atomic E-state index is -4.51. The van der Waals surface area contributed by atoms with Gasteiger partial charge in [0.15, 0.2) is 0 Å². The van der Waals surface area contributed by atoms with Crippen LogP contribution < -0.4 is 5.32 Å². The van der Waals surface area contributed by atoms with Crippen molar-refractivity contribution in [3.05, 3.63) is 77.0 Å². The number of amides is 3. The lowest BCUT2D eigenvalue weighted by Gasteiger charge is -2.14. The first-order chi connectivity index (χ1) is 15.6. The van der Waals surface area contributed by atoms with Crippen molar-refractivity contribution in [2.24, 2.45) is 0 Å². The highest BCUT2D eigenvalue weighted by atomic mass is 19.4. The number of halogens is 3. The molecule has 4 rings (SSSR count). The zero-order chi connectivity index (χ0) is 23.8. The Morgan fingerprint density at radius 3 is 2.30 bits per heavy atom. The summed E-state index contributed by atoms with van der Waals surface area (Å²) in [5.74, 6) is -0.985. The standard InChI is InChI=1S/C23H19F3N4O3/c1-14-12-19(30(28-14)16-7-4-6-15(13-16)23(24,25)26)27-20(31)10-5-11-29-21(32)17-8-2-3-9-18(17)22(29)33/h2-4,6-9,12-13H,5,10-11H2,1H3,(H,27,31). The largest absolute Gasteiger partial charge is 0.416 e. The van der Waals surface area contributed by atoms with E-state index in [1.807, 2.05) is 0 Å². The highest BCUT2D eigenvalue weighted by Gasteiger charge is 2.34. The molecule has 2 heterocycles. The fourth-order valence-electron chi connectivity index (χ4n) is 3.64. The Labute approximate surface area is 186 Å². The van der Waals surface area contributed by atoms with Crippen LogP contribution in [0.2, 0.25) is 0 Å². The van der Waals surface area contributed by atoms with Gasteiger partial charge in [0, 0.05) is 19.0 Å². The molecule has 0 fully saturated rings. The molecule has 1 aliphatic rings. The van der Waals surface area contributed by atoms with Gasteiger partial charge in [-0.3, -0.25) is 19.3 Å². The average Bonchev–Trinajstić information content (AvgIpc) is 3.25. The molecule has 0 unspecified atom stereocenters. The second-order valence-corrected chi connectivity index (χ2v) is 7.59. The van der Waals surface area contributed by atoms with Crippen LogP contribution in [0.25, 0.3) is 5.69 Å². The first-order valence-corrected chi connectivity index (χ1v) is 10.1. The molecule has 10 heteroatoms. The lowest BCUT2D eigenvalue weighted by molar-refractivity contribution is -0.137. The van der Waals surface area contributed by atoms with Crippen LogP contribution in [0.1, 0.15) is 44.8 Å². The monoisotopic (exact) mass is 456 g/mol. The highest BCUT2D eigenvalue weighted by Crippen LogP contribution is 2.31. The molecule has 0 radical (unpaired) electrons. The van der Waals surface area contributed by atoms with Crippen molar-refractivity contribution in [2.45, 2.75) is 25.9 Å². The molecule has 170 valence electrons. The Morgan fingerprint density at radius 1 is 1.00 bits per heavy atom. The van der Waals surface area contributed by atoms with E-state index in [-0.39, 0.29) is 30.9 Å². The summed E-state index contributed by atoms with van der Waals surface area (Å²) >= 11 is 0. The summed E-state index contributed by atoms with van der Waals surface area (Å²) in [5, 5.41) is 6.83. The number of fused-ring (bicyclic) bond motifs is 1. The van der Waals surface area contributed by atoms with Gasteiger partial charge in [-0.1, -0.05) is 18.2 Å². The van der Waals surface area contributed by atoms with Crippen molar-refractivity contribution in [3.63, 3.8) is 0 Å².